The van der Waals surface area contributed by atoms with Crippen LogP contribution in [0.1, 0.15) is 45.2 Å². The lowest BCUT2D eigenvalue weighted by molar-refractivity contribution is 0.752. The van der Waals surface area contributed by atoms with Gasteiger partial charge in [0.05, 0.1) is 11.0 Å². The van der Waals surface area contributed by atoms with Gasteiger partial charge in [0, 0.05) is 27.6 Å². The monoisotopic (exact) mass is 600 g/mol. The van der Waals surface area contributed by atoms with E-state index in [1.807, 2.05) is 6.07 Å². The van der Waals surface area contributed by atoms with Gasteiger partial charge in [-0.1, -0.05) is 125 Å². The first-order valence-electron chi connectivity index (χ1n) is 14.4. The zero-order chi connectivity index (χ0) is 27.8. The molecule has 0 saturated heterocycles. The van der Waals surface area contributed by atoms with Crippen LogP contribution in [0.4, 0.5) is 0 Å². The second-order valence-corrected chi connectivity index (χ2v) is 12.1. The molecule has 0 saturated carbocycles. The molecule has 0 N–H and O–H groups in total. The Bertz CT molecular complexity index is 2110. The number of para-hydroxylation sites is 2. The zero-order valence-electron chi connectivity index (χ0n) is 22.7. The van der Waals surface area contributed by atoms with Crippen LogP contribution in [0.25, 0.3) is 39.2 Å². The molecule has 2 bridgehead atoms. The van der Waals surface area contributed by atoms with Gasteiger partial charge in [-0.2, -0.15) is 0 Å². The van der Waals surface area contributed by atoms with Crippen LogP contribution < -0.4 is 0 Å². The average molecular weight is 602 g/mol. The van der Waals surface area contributed by atoms with Gasteiger partial charge in [-0.3, -0.25) is 4.57 Å². The highest BCUT2D eigenvalue weighted by Crippen LogP contribution is 2.59. The van der Waals surface area contributed by atoms with E-state index in [0.717, 1.165) is 28.1 Å². The van der Waals surface area contributed by atoms with Crippen molar-refractivity contribution in [1.29, 1.82) is 0 Å². The van der Waals surface area contributed by atoms with E-state index < -0.39 is 0 Å². The summed E-state index contributed by atoms with van der Waals surface area (Å²) in [6.07, 6.45) is 0. The molecule has 0 amide bonds. The maximum atomic E-state index is 5.03. The highest BCUT2D eigenvalue weighted by molar-refractivity contribution is 9.10. The van der Waals surface area contributed by atoms with Crippen LogP contribution >= 0.6 is 15.9 Å². The Morgan fingerprint density at radius 2 is 1.07 bits per heavy atom. The normalized spacial score (nSPS) is 16.2. The van der Waals surface area contributed by atoms with Crippen LogP contribution in [-0.2, 0) is 0 Å². The zero-order valence-corrected chi connectivity index (χ0v) is 24.3. The van der Waals surface area contributed by atoms with E-state index in [-0.39, 0.29) is 11.8 Å². The van der Waals surface area contributed by atoms with Crippen molar-refractivity contribution in [3.8, 4) is 28.2 Å². The summed E-state index contributed by atoms with van der Waals surface area (Å²) < 4.78 is 3.47. The third-order valence-electron chi connectivity index (χ3n) is 9.08. The molecule has 0 radical (unpaired) electrons. The van der Waals surface area contributed by atoms with E-state index in [9.17, 15) is 0 Å². The summed E-state index contributed by atoms with van der Waals surface area (Å²) in [5.74, 6) is 1.40. The van der Waals surface area contributed by atoms with Crippen LogP contribution in [0.3, 0.4) is 0 Å². The van der Waals surface area contributed by atoms with Gasteiger partial charge in [0.25, 0.3) is 0 Å². The van der Waals surface area contributed by atoms with Gasteiger partial charge in [-0.15, -0.1) is 0 Å². The third-order valence-corrected chi connectivity index (χ3v) is 9.77. The average Bonchev–Trinajstić information content (AvgIpc) is 3.45. The van der Waals surface area contributed by atoms with Crippen molar-refractivity contribution in [3.63, 3.8) is 0 Å². The minimum Gasteiger partial charge on any atom is -0.292 e. The first-order chi connectivity index (χ1) is 20.8. The molecule has 0 unspecified atom stereocenters. The number of nitrogens with zero attached hydrogens (tertiary/aromatic N) is 2. The molecule has 3 heteroatoms. The summed E-state index contributed by atoms with van der Waals surface area (Å²) in [7, 11) is 0. The predicted octanol–water partition coefficient (Wildman–Crippen LogP) is 10.1. The lowest BCUT2D eigenvalue weighted by Gasteiger charge is -2.43. The number of imidazole rings is 1. The number of benzene rings is 6. The van der Waals surface area contributed by atoms with Crippen molar-refractivity contribution in [1.82, 2.24) is 9.55 Å². The number of rotatable bonds is 3. The molecule has 0 atom stereocenters. The van der Waals surface area contributed by atoms with Gasteiger partial charge in [-0.25, -0.2) is 4.98 Å². The van der Waals surface area contributed by atoms with Crippen molar-refractivity contribution < 1.29 is 0 Å². The van der Waals surface area contributed by atoms with E-state index in [4.69, 9.17) is 4.98 Å². The number of hydrogen-bond donors (Lipinski definition) is 0. The largest absolute Gasteiger partial charge is 0.292 e. The third kappa shape index (κ3) is 3.35. The first-order valence-corrected chi connectivity index (χ1v) is 15.2. The second kappa shape index (κ2) is 9.14. The van der Waals surface area contributed by atoms with Gasteiger partial charge < -0.3 is 0 Å². The maximum absolute atomic E-state index is 5.03. The Kier molecular flexibility index (Phi) is 5.20. The first kappa shape index (κ1) is 23.9. The fraction of sp³-hybridized carbons (Fsp3) is 0.0513. The molecule has 3 aliphatic carbocycles. The molecule has 6 aromatic carbocycles. The minimum atomic E-state index is 0.215. The lowest BCUT2D eigenvalue weighted by Crippen LogP contribution is -2.28. The molecule has 42 heavy (non-hydrogen) atoms. The Labute approximate surface area is 253 Å². The molecule has 2 nitrogen and oxygen atoms in total. The van der Waals surface area contributed by atoms with Crippen molar-refractivity contribution in [2.24, 2.45) is 0 Å². The van der Waals surface area contributed by atoms with Crippen molar-refractivity contribution >= 4 is 27.0 Å². The predicted molar refractivity (Wildman–Crippen MR) is 174 cm³/mol. The van der Waals surface area contributed by atoms with Gasteiger partial charge >= 0.3 is 0 Å². The minimum absolute atomic E-state index is 0.215. The van der Waals surface area contributed by atoms with Crippen LogP contribution in [0, 0.1) is 0 Å². The summed E-state index contributed by atoms with van der Waals surface area (Å²) in [4.78, 5) is 5.03. The number of halogens is 1. The summed E-state index contributed by atoms with van der Waals surface area (Å²) >= 11 is 3.97. The van der Waals surface area contributed by atoms with E-state index in [2.05, 4.69) is 154 Å². The Morgan fingerprint density at radius 3 is 1.74 bits per heavy atom. The van der Waals surface area contributed by atoms with Gasteiger partial charge in [-0.05, 0) is 74.8 Å². The Hall–Kier alpha value is -4.73. The highest BCUT2D eigenvalue weighted by atomic mass is 79.9. The SMILES string of the molecule is Brc1ccc(-c2ccc(-n3c(-c4ccccc4)nc4ccccc43)cc2)c2c1C1c3ccccc3C2c2ccccc21. The molecular weight excluding hydrogens is 576 g/mol. The summed E-state index contributed by atoms with van der Waals surface area (Å²) in [5.41, 5.74) is 15.4. The molecule has 10 rings (SSSR count). The lowest BCUT2D eigenvalue weighted by atomic mass is 9.60. The molecule has 1 heterocycles. The van der Waals surface area contributed by atoms with Gasteiger partial charge in [0.1, 0.15) is 5.82 Å². The van der Waals surface area contributed by atoms with Crippen LogP contribution in [0.5, 0.6) is 0 Å². The van der Waals surface area contributed by atoms with E-state index in [1.165, 1.54) is 49.0 Å². The number of hydrogen-bond acceptors (Lipinski definition) is 1. The van der Waals surface area contributed by atoms with Gasteiger partial charge in [0.2, 0.25) is 0 Å². The Morgan fingerprint density at radius 1 is 0.500 bits per heavy atom. The summed E-state index contributed by atoms with van der Waals surface area (Å²) in [6.45, 7) is 0. The van der Waals surface area contributed by atoms with E-state index in [0.29, 0.717) is 0 Å². The highest BCUT2D eigenvalue weighted by Gasteiger charge is 2.43. The maximum Gasteiger partial charge on any atom is 0.145 e. The van der Waals surface area contributed by atoms with Gasteiger partial charge in [0.15, 0.2) is 0 Å². The smallest absolute Gasteiger partial charge is 0.145 e. The van der Waals surface area contributed by atoms with E-state index in [1.54, 1.807) is 0 Å². The fourth-order valence-corrected chi connectivity index (χ4v) is 7.93. The number of aromatic nitrogens is 2. The second-order valence-electron chi connectivity index (χ2n) is 11.2. The molecule has 198 valence electrons. The fourth-order valence-electron chi connectivity index (χ4n) is 7.35. The molecule has 0 aliphatic heterocycles. The molecule has 1 aromatic heterocycles. The van der Waals surface area contributed by atoms with Crippen molar-refractivity contribution in [3.05, 3.63) is 177 Å². The van der Waals surface area contributed by atoms with Crippen LogP contribution in [-0.4, -0.2) is 9.55 Å². The summed E-state index contributed by atoms with van der Waals surface area (Å²) in [5, 5.41) is 0. The molecule has 3 aliphatic rings. The summed E-state index contributed by atoms with van der Waals surface area (Å²) in [6, 6.07) is 50.5. The molecular formula is C39H25BrN2. The van der Waals surface area contributed by atoms with Crippen molar-refractivity contribution in [2.45, 2.75) is 11.8 Å². The van der Waals surface area contributed by atoms with Crippen LogP contribution in [0.15, 0.2) is 144 Å². The molecule has 0 fully saturated rings. The quantitative estimate of drug-likeness (QED) is 0.197. The Balaban J connectivity index is 1.22. The molecule has 7 aromatic rings. The topological polar surface area (TPSA) is 17.8 Å². The molecule has 0 spiro atoms. The van der Waals surface area contributed by atoms with Crippen molar-refractivity contribution in [2.75, 3.05) is 0 Å². The standard InChI is InChI=1S/C39H25BrN2/c40-32-23-22-27(37-35-28-12-4-6-14-30(28)36(38(32)37)31-15-7-5-13-29(31)35)24-18-20-26(21-19-24)42-34-17-9-8-16-33(34)41-39(42)25-10-2-1-3-11-25/h1-23,35-36H. The van der Waals surface area contributed by atoms with E-state index >= 15 is 0 Å². The number of fused-ring (bicyclic) bond motifs is 1. The van der Waals surface area contributed by atoms with Crippen LogP contribution in [0.2, 0.25) is 0 Å².